The number of likely N-dealkylation sites (tertiary alicyclic amines) is 1. The van der Waals surface area contributed by atoms with Crippen molar-refractivity contribution in [2.24, 2.45) is 11.7 Å². The van der Waals surface area contributed by atoms with Gasteiger partial charge in [-0.3, -0.25) is 15.0 Å². The number of nitrogens with two attached hydrogens (primary N) is 1. The Labute approximate surface area is 119 Å². The van der Waals surface area contributed by atoms with Crippen LogP contribution < -0.4 is 11.1 Å². The van der Waals surface area contributed by atoms with Crippen LogP contribution >= 0.6 is 0 Å². The third kappa shape index (κ3) is 3.80. The summed E-state index contributed by atoms with van der Waals surface area (Å²) in [5.41, 5.74) is 6.82. The first-order chi connectivity index (χ1) is 9.45. The molecule has 2 atom stereocenters. The molecule has 6 heteroatoms. The molecule has 3 N–H and O–H groups in total. The van der Waals surface area contributed by atoms with Crippen molar-refractivity contribution < 1.29 is 9.32 Å². The number of anilines is 1. The second kappa shape index (κ2) is 6.37. The van der Waals surface area contributed by atoms with E-state index in [4.69, 9.17) is 10.3 Å². The smallest absolute Gasteiger partial charge is 0.240 e. The Morgan fingerprint density at radius 2 is 2.40 bits per heavy atom. The van der Waals surface area contributed by atoms with E-state index >= 15 is 0 Å². The molecule has 0 radical (unpaired) electrons. The van der Waals surface area contributed by atoms with Crippen molar-refractivity contribution in [3.63, 3.8) is 0 Å². The van der Waals surface area contributed by atoms with E-state index in [1.807, 2.05) is 13.8 Å². The summed E-state index contributed by atoms with van der Waals surface area (Å²) in [6.07, 6.45) is 0.939. The quantitative estimate of drug-likeness (QED) is 0.871. The standard InChI is InChI=1S/C14H24N4O2/c1-9(2)12-6-14(20-17-12)16-13(19)8-18-5-4-11(15)10(3)7-18/h6,9-11H,4-5,7-8,15H2,1-3H3,(H,16,19). The van der Waals surface area contributed by atoms with Crippen LogP contribution in [-0.4, -0.2) is 41.6 Å². The van der Waals surface area contributed by atoms with Crippen LogP contribution in [0.1, 0.15) is 38.8 Å². The summed E-state index contributed by atoms with van der Waals surface area (Å²) in [6, 6.07) is 2.02. The van der Waals surface area contributed by atoms with Crippen molar-refractivity contribution in [1.29, 1.82) is 0 Å². The maximum absolute atomic E-state index is 12.0. The highest BCUT2D eigenvalue weighted by Gasteiger charge is 2.24. The summed E-state index contributed by atoms with van der Waals surface area (Å²) >= 11 is 0. The van der Waals surface area contributed by atoms with Gasteiger partial charge in [0.05, 0.1) is 12.2 Å². The van der Waals surface area contributed by atoms with Crippen molar-refractivity contribution >= 4 is 11.8 Å². The van der Waals surface area contributed by atoms with Gasteiger partial charge in [-0.25, -0.2) is 0 Å². The number of aromatic nitrogens is 1. The molecule has 1 amide bonds. The van der Waals surface area contributed by atoms with Gasteiger partial charge in [0, 0.05) is 25.2 Å². The van der Waals surface area contributed by atoms with Gasteiger partial charge in [0.15, 0.2) is 0 Å². The van der Waals surface area contributed by atoms with Gasteiger partial charge in [-0.15, -0.1) is 0 Å². The average molecular weight is 280 g/mol. The summed E-state index contributed by atoms with van der Waals surface area (Å²) in [5, 5.41) is 6.67. The van der Waals surface area contributed by atoms with Crippen LogP contribution in [0.4, 0.5) is 5.88 Å². The van der Waals surface area contributed by atoms with E-state index in [0.717, 1.165) is 25.2 Å². The zero-order chi connectivity index (χ0) is 14.7. The summed E-state index contributed by atoms with van der Waals surface area (Å²) in [7, 11) is 0. The number of piperidine rings is 1. The lowest BCUT2D eigenvalue weighted by Crippen LogP contribution is -2.48. The van der Waals surface area contributed by atoms with Gasteiger partial charge in [0.25, 0.3) is 0 Å². The van der Waals surface area contributed by atoms with Gasteiger partial charge in [0.1, 0.15) is 0 Å². The molecule has 0 saturated carbocycles. The molecule has 0 aromatic carbocycles. The molecular weight excluding hydrogens is 256 g/mol. The van der Waals surface area contributed by atoms with Gasteiger partial charge in [-0.2, -0.15) is 0 Å². The molecule has 2 heterocycles. The Bertz CT molecular complexity index is 458. The van der Waals surface area contributed by atoms with Gasteiger partial charge in [-0.1, -0.05) is 25.9 Å². The fourth-order valence-electron chi connectivity index (χ4n) is 2.39. The molecule has 1 aromatic heterocycles. The predicted molar refractivity (Wildman–Crippen MR) is 77.4 cm³/mol. The van der Waals surface area contributed by atoms with E-state index in [1.165, 1.54) is 0 Å². The minimum atomic E-state index is -0.0703. The van der Waals surface area contributed by atoms with E-state index in [0.29, 0.717) is 18.3 Å². The number of nitrogens with zero attached hydrogens (tertiary/aromatic N) is 2. The van der Waals surface area contributed by atoms with Crippen molar-refractivity contribution in [2.75, 3.05) is 25.0 Å². The van der Waals surface area contributed by atoms with Gasteiger partial charge >= 0.3 is 0 Å². The minimum absolute atomic E-state index is 0.0703. The first-order valence-corrected chi connectivity index (χ1v) is 7.20. The molecule has 20 heavy (non-hydrogen) atoms. The van der Waals surface area contributed by atoms with Crippen LogP contribution in [0.15, 0.2) is 10.6 Å². The SMILES string of the molecule is CC(C)c1cc(NC(=O)CN2CCC(N)C(C)C2)on1. The van der Waals surface area contributed by atoms with Crippen molar-refractivity contribution in [3.8, 4) is 0 Å². The maximum atomic E-state index is 12.0. The van der Waals surface area contributed by atoms with Crippen molar-refractivity contribution in [1.82, 2.24) is 10.1 Å². The van der Waals surface area contributed by atoms with Crippen molar-refractivity contribution in [3.05, 3.63) is 11.8 Å². The van der Waals surface area contributed by atoms with E-state index in [-0.39, 0.29) is 17.9 Å². The highest BCUT2D eigenvalue weighted by atomic mass is 16.5. The lowest BCUT2D eigenvalue weighted by atomic mass is 9.95. The fraction of sp³-hybridized carbons (Fsp3) is 0.714. The number of carbonyl (C=O) groups is 1. The predicted octanol–water partition coefficient (Wildman–Crippen LogP) is 1.41. The monoisotopic (exact) mass is 280 g/mol. The number of rotatable bonds is 4. The molecule has 1 saturated heterocycles. The highest BCUT2D eigenvalue weighted by Crippen LogP contribution is 2.18. The van der Waals surface area contributed by atoms with E-state index in [9.17, 15) is 4.79 Å². The highest BCUT2D eigenvalue weighted by molar-refractivity contribution is 5.90. The topological polar surface area (TPSA) is 84.4 Å². The normalized spacial score (nSPS) is 24.1. The van der Waals surface area contributed by atoms with Crippen LogP contribution in [0.3, 0.4) is 0 Å². The lowest BCUT2D eigenvalue weighted by Gasteiger charge is -2.34. The zero-order valence-electron chi connectivity index (χ0n) is 12.4. The molecule has 1 aliphatic heterocycles. The van der Waals surface area contributed by atoms with Gasteiger partial charge in [-0.05, 0) is 18.3 Å². The molecular formula is C14H24N4O2. The molecule has 0 aliphatic carbocycles. The Hall–Kier alpha value is -1.40. The number of amides is 1. The Morgan fingerprint density at radius 1 is 1.65 bits per heavy atom. The molecule has 6 nitrogen and oxygen atoms in total. The van der Waals surface area contributed by atoms with Crippen LogP contribution in [0.25, 0.3) is 0 Å². The molecule has 2 rings (SSSR count). The third-order valence-electron chi connectivity index (χ3n) is 3.81. The summed E-state index contributed by atoms with van der Waals surface area (Å²) < 4.78 is 5.10. The fourth-order valence-corrected chi connectivity index (χ4v) is 2.39. The molecule has 0 spiro atoms. The van der Waals surface area contributed by atoms with E-state index in [1.54, 1.807) is 6.07 Å². The van der Waals surface area contributed by atoms with Crippen LogP contribution in [-0.2, 0) is 4.79 Å². The maximum Gasteiger partial charge on any atom is 0.240 e. The number of nitrogens with one attached hydrogen (secondary N) is 1. The van der Waals surface area contributed by atoms with E-state index < -0.39 is 0 Å². The summed E-state index contributed by atoms with van der Waals surface area (Å²) in [5.74, 6) is 1.06. The van der Waals surface area contributed by atoms with Gasteiger partial charge < -0.3 is 10.3 Å². The first kappa shape index (κ1) is 15.0. The summed E-state index contributed by atoms with van der Waals surface area (Å²) in [4.78, 5) is 14.1. The molecule has 112 valence electrons. The Kier molecular flexibility index (Phi) is 4.77. The Morgan fingerprint density at radius 3 is 3.00 bits per heavy atom. The number of hydrogen-bond acceptors (Lipinski definition) is 5. The second-order valence-corrected chi connectivity index (χ2v) is 5.98. The molecule has 1 aromatic rings. The lowest BCUT2D eigenvalue weighted by molar-refractivity contribution is -0.117. The average Bonchev–Trinajstić information content (AvgIpc) is 2.82. The van der Waals surface area contributed by atoms with Crippen molar-refractivity contribution in [2.45, 2.75) is 39.2 Å². The van der Waals surface area contributed by atoms with Crippen LogP contribution in [0.5, 0.6) is 0 Å². The zero-order valence-corrected chi connectivity index (χ0v) is 12.4. The molecule has 0 bridgehead atoms. The van der Waals surface area contributed by atoms with Crippen LogP contribution in [0.2, 0.25) is 0 Å². The van der Waals surface area contributed by atoms with E-state index in [2.05, 4.69) is 22.3 Å². The molecule has 2 unspecified atom stereocenters. The third-order valence-corrected chi connectivity index (χ3v) is 3.81. The Balaban J connectivity index is 1.83. The largest absolute Gasteiger partial charge is 0.338 e. The minimum Gasteiger partial charge on any atom is -0.338 e. The number of carbonyl (C=O) groups excluding carboxylic acids is 1. The summed E-state index contributed by atoms with van der Waals surface area (Å²) in [6.45, 7) is 8.29. The van der Waals surface area contributed by atoms with Gasteiger partial charge in [0.2, 0.25) is 11.8 Å². The first-order valence-electron chi connectivity index (χ1n) is 7.20. The molecule has 1 fully saturated rings. The number of hydrogen-bond donors (Lipinski definition) is 2. The van der Waals surface area contributed by atoms with Crippen LogP contribution in [0, 0.1) is 5.92 Å². The second-order valence-electron chi connectivity index (χ2n) is 5.98. The molecule has 1 aliphatic rings.